The minimum absolute atomic E-state index is 0.0112. The summed E-state index contributed by atoms with van der Waals surface area (Å²) in [6.45, 7) is 1.83. The van der Waals surface area contributed by atoms with Gasteiger partial charge in [0.25, 0.3) is 0 Å². The second kappa shape index (κ2) is 6.82. The fraction of sp³-hybridized carbons (Fsp3) is 0.200. The zero-order valence-corrected chi connectivity index (χ0v) is 13.2. The second-order valence-corrected chi connectivity index (χ2v) is 5.07. The van der Waals surface area contributed by atoms with Crippen molar-refractivity contribution in [3.8, 4) is 29.4 Å². The lowest BCUT2D eigenvalue weighted by atomic mass is 10.1. The average Bonchev–Trinajstić information content (AvgIpc) is 2.48. The number of aromatic nitrogens is 2. The van der Waals surface area contributed by atoms with E-state index in [1.165, 1.54) is 6.33 Å². The molecule has 0 saturated heterocycles. The molecule has 7 heteroatoms. The van der Waals surface area contributed by atoms with E-state index in [0.29, 0.717) is 12.1 Å². The number of terminal acetylenes is 1. The lowest BCUT2D eigenvalue weighted by molar-refractivity contribution is 0.372. The maximum atomic E-state index is 14.3. The molecule has 4 nitrogen and oxygen atoms in total. The molecule has 2 rings (SSSR count). The third-order valence-corrected chi connectivity index (χ3v) is 3.63. The van der Waals surface area contributed by atoms with Gasteiger partial charge in [-0.15, -0.1) is 6.42 Å². The van der Waals surface area contributed by atoms with Crippen LogP contribution in [0.4, 0.5) is 10.1 Å². The summed E-state index contributed by atoms with van der Waals surface area (Å²) in [7, 11) is 0. The molecule has 0 spiro atoms. The average molecular weight is 340 g/mol. The van der Waals surface area contributed by atoms with Gasteiger partial charge in [0.2, 0.25) is 0 Å². The Kier molecular flexibility index (Phi) is 5.07. The van der Waals surface area contributed by atoms with Crippen LogP contribution < -0.4 is 10.5 Å². The van der Waals surface area contributed by atoms with Crippen molar-refractivity contribution in [2.45, 2.75) is 13.3 Å². The molecule has 22 heavy (non-hydrogen) atoms. The Morgan fingerprint density at radius 1 is 1.41 bits per heavy atom. The molecule has 0 bridgehead atoms. The first kappa shape index (κ1) is 16.3. The van der Waals surface area contributed by atoms with Crippen LogP contribution in [0.1, 0.15) is 12.6 Å². The Labute approximate surface area is 137 Å². The summed E-state index contributed by atoms with van der Waals surface area (Å²) < 4.78 is 19.6. The molecule has 0 aliphatic carbocycles. The minimum atomic E-state index is -0.654. The van der Waals surface area contributed by atoms with E-state index in [2.05, 4.69) is 15.9 Å². The fourth-order valence-electron chi connectivity index (χ4n) is 1.95. The zero-order chi connectivity index (χ0) is 16.3. The Balaban J connectivity index is 2.68. The highest BCUT2D eigenvalue weighted by Gasteiger charge is 2.22. The van der Waals surface area contributed by atoms with Gasteiger partial charge in [0, 0.05) is 0 Å². The molecule has 0 atom stereocenters. The van der Waals surface area contributed by atoms with E-state index in [9.17, 15) is 4.39 Å². The molecular weight excluding hydrogens is 328 g/mol. The molecule has 2 aromatic rings. The van der Waals surface area contributed by atoms with Crippen LogP contribution in [0.15, 0.2) is 12.4 Å². The van der Waals surface area contributed by atoms with E-state index in [0.717, 1.165) is 6.07 Å². The Morgan fingerprint density at radius 3 is 2.77 bits per heavy atom. The molecule has 2 N–H and O–H groups in total. The lowest BCUT2D eigenvalue weighted by Gasteiger charge is -2.15. The van der Waals surface area contributed by atoms with Gasteiger partial charge in [-0.05, 0) is 12.5 Å². The lowest BCUT2D eigenvalue weighted by Crippen LogP contribution is -2.04. The number of hydrogen-bond donors (Lipinski definition) is 1. The van der Waals surface area contributed by atoms with Crippen molar-refractivity contribution in [1.82, 2.24) is 9.97 Å². The zero-order valence-electron chi connectivity index (χ0n) is 11.7. The number of nitrogens with two attached hydrogens (primary N) is 1. The molecule has 0 aliphatic heterocycles. The van der Waals surface area contributed by atoms with Crippen molar-refractivity contribution in [3.63, 3.8) is 0 Å². The van der Waals surface area contributed by atoms with E-state index in [4.69, 9.17) is 40.1 Å². The SMILES string of the molecule is C#CCOc1c(Cl)cc(F)c(-c2ncnc(CC)c2Cl)c1N. The third kappa shape index (κ3) is 2.94. The Hall–Kier alpha value is -2.03. The van der Waals surface area contributed by atoms with Gasteiger partial charge in [-0.2, -0.15) is 0 Å². The Bertz CT molecular complexity index is 759. The van der Waals surface area contributed by atoms with Gasteiger partial charge in [0.05, 0.1) is 32.7 Å². The largest absolute Gasteiger partial charge is 0.477 e. The fourth-order valence-corrected chi connectivity index (χ4v) is 2.53. The van der Waals surface area contributed by atoms with Gasteiger partial charge in [-0.3, -0.25) is 0 Å². The summed E-state index contributed by atoms with van der Waals surface area (Å²) in [4.78, 5) is 8.07. The first-order chi connectivity index (χ1) is 10.5. The molecule has 1 aromatic heterocycles. The second-order valence-electron chi connectivity index (χ2n) is 4.29. The van der Waals surface area contributed by atoms with Crippen LogP contribution in [0, 0.1) is 18.2 Å². The number of rotatable bonds is 4. The van der Waals surface area contributed by atoms with Crippen LogP contribution >= 0.6 is 23.2 Å². The van der Waals surface area contributed by atoms with Crippen LogP contribution in [0.3, 0.4) is 0 Å². The van der Waals surface area contributed by atoms with Crippen LogP contribution in [-0.2, 0) is 6.42 Å². The molecule has 0 amide bonds. The molecule has 0 radical (unpaired) electrons. The molecule has 1 aromatic carbocycles. The molecule has 1 heterocycles. The van der Waals surface area contributed by atoms with Gasteiger partial charge in [-0.1, -0.05) is 36.0 Å². The summed E-state index contributed by atoms with van der Waals surface area (Å²) in [5.74, 6) is 1.74. The van der Waals surface area contributed by atoms with E-state index < -0.39 is 5.82 Å². The summed E-state index contributed by atoms with van der Waals surface area (Å²) in [6, 6.07) is 1.09. The first-order valence-corrected chi connectivity index (χ1v) is 7.10. The third-order valence-electron chi connectivity index (χ3n) is 2.96. The van der Waals surface area contributed by atoms with E-state index in [-0.39, 0.29) is 39.3 Å². The molecular formula is C15H12Cl2FN3O. The van der Waals surface area contributed by atoms with Crippen LogP contribution in [0.5, 0.6) is 5.75 Å². The maximum Gasteiger partial charge on any atom is 0.163 e. The highest BCUT2D eigenvalue weighted by atomic mass is 35.5. The smallest absolute Gasteiger partial charge is 0.163 e. The number of benzene rings is 1. The van der Waals surface area contributed by atoms with Gasteiger partial charge >= 0.3 is 0 Å². The molecule has 0 aliphatic rings. The number of ether oxygens (including phenoxy) is 1. The molecule has 0 unspecified atom stereocenters. The standard InChI is InChI=1S/C15H12Cl2FN3O/c1-3-5-22-15-8(16)6-9(18)11(13(15)19)14-12(17)10(4-2)20-7-21-14/h1,6-7H,4-5,19H2,2H3. The molecule has 114 valence electrons. The maximum absolute atomic E-state index is 14.3. The summed E-state index contributed by atoms with van der Waals surface area (Å²) in [5, 5.41) is 0.260. The van der Waals surface area contributed by atoms with Gasteiger partial charge in [0.15, 0.2) is 5.75 Å². The number of hydrogen-bond acceptors (Lipinski definition) is 4. The number of aryl methyl sites for hydroxylation is 1. The van der Waals surface area contributed by atoms with Gasteiger partial charge < -0.3 is 10.5 Å². The number of anilines is 1. The summed E-state index contributed by atoms with van der Waals surface area (Å²) >= 11 is 12.2. The van der Waals surface area contributed by atoms with Crippen molar-refractivity contribution >= 4 is 28.9 Å². The molecule has 0 saturated carbocycles. The summed E-state index contributed by atoms with van der Waals surface area (Å²) in [6.07, 6.45) is 7.02. The Morgan fingerprint density at radius 2 is 2.14 bits per heavy atom. The highest BCUT2D eigenvalue weighted by Crippen LogP contribution is 2.42. The van der Waals surface area contributed by atoms with E-state index in [1.807, 2.05) is 6.92 Å². The van der Waals surface area contributed by atoms with E-state index in [1.54, 1.807) is 0 Å². The summed E-state index contributed by atoms with van der Waals surface area (Å²) in [5.41, 5.74) is 6.76. The van der Waals surface area contributed by atoms with Crippen molar-refractivity contribution in [3.05, 3.63) is 34.0 Å². The normalized spacial score (nSPS) is 10.3. The predicted molar refractivity (Wildman–Crippen MR) is 85.6 cm³/mol. The predicted octanol–water partition coefficient (Wildman–Crippen LogP) is 3.75. The topological polar surface area (TPSA) is 61.0 Å². The van der Waals surface area contributed by atoms with Crippen molar-refractivity contribution in [2.75, 3.05) is 12.3 Å². The van der Waals surface area contributed by atoms with Gasteiger partial charge in [0.1, 0.15) is 18.8 Å². The monoisotopic (exact) mass is 339 g/mol. The first-order valence-electron chi connectivity index (χ1n) is 6.34. The minimum Gasteiger partial charge on any atom is -0.477 e. The van der Waals surface area contributed by atoms with E-state index >= 15 is 0 Å². The van der Waals surface area contributed by atoms with Crippen molar-refractivity contribution in [1.29, 1.82) is 0 Å². The van der Waals surface area contributed by atoms with Crippen LogP contribution in [-0.4, -0.2) is 16.6 Å². The van der Waals surface area contributed by atoms with Crippen molar-refractivity contribution < 1.29 is 9.13 Å². The number of nitrogen functional groups attached to an aromatic ring is 1. The number of nitrogens with zero attached hydrogens (tertiary/aromatic N) is 2. The van der Waals surface area contributed by atoms with Crippen LogP contribution in [0.25, 0.3) is 11.3 Å². The van der Waals surface area contributed by atoms with Crippen LogP contribution in [0.2, 0.25) is 10.0 Å². The van der Waals surface area contributed by atoms with Crippen molar-refractivity contribution in [2.24, 2.45) is 0 Å². The highest BCUT2D eigenvalue weighted by molar-refractivity contribution is 6.34. The van der Waals surface area contributed by atoms with Gasteiger partial charge in [-0.25, -0.2) is 14.4 Å². The molecule has 0 fully saturated rings. The number of halogens is 3. The quantitative estimate of drug-likeness (QED) is 0.680.